The van der Waals surface area contributed by atoms with E-state index in [9.17, 15) is 4.39 Å². The van der Waals surface area contributed by atoms with E-state index in [2.05, 4.69) is 10.1 Å². The second kappa shape index (κ2) is 7.23. The molecule has 0 aliphatic carbocycles. The maximum absolute atomic E-state index is 12.8. The van der Waals surface area contributed by atoms with Gasteiger partial charge in [0.25, 0.3) is 5.89 Å². The zero-order valence-electron chi connectivity index (χ0n) is 13.3. The SMILES string of the molecule is CC(N)Cc1ccc(-c2noc(COc3ccc(F)cc3)n2)cc1. The molecule has 5 nitrogen and oxygen atoms in total. The van der Waals surface area contributed by atoms with Crippen molar-refractivity contribution in [3.05, 3.63) is 65.8 Å². The van der Waals surface area contributed by atoms with Gasteiger partial charge in [-0.2, -0.15) is 4.98 Å². The van der Waals surface area contributed by atoms with Gasteiger partial charge < -0.3 is 15.0 Å². The van der Waals surface area contributed by atoms with Crippen molar-refractivity contribution in [1.29, 1.82) is 0 Å². The van der Waals surface area contributed by atoms with E-state index >= 15 is 0 Å². The lowest BCUT2D eigenvalue weighted by Crippen LogP contribution is -2.17. The molecule has 0 amide bonds. The Morgan fingerprint density at radius 3 is 2.50 bits per heavy atom. The second-order valence-corrected chi connectivity index (χ2v) is 5.63. The molecule has 1 atom stereocenters. The minimum Gasteiger partial charge on any atom is -0.484 e. The summed E-state index contributed by atoms with van der Waals surface area (Å²) in [6.07, 6.45) is 0.823. The molecule has 24 heavy (non-hydrogen) atoms. The van der Waals surface area contributed by atoms with Gasteiger partial charge >= 0.3 is 0 Å². The summed E-state index contributed by atoms with van der Waals surface area (Å²) >= 11 is 0. The first-order valence-electron chi connectivity index (χ1n) is 7.66. The van der Waals surface area contributed by atoms with Crippen LogP contribution >= 0.6 is 0 Å². The van der Waals surface area contributed by atoms with Crippen LogP contribution < -0.4 is 10.5 Å². The van der Waals surface area contributed by atoms with Gasteiger partial charge in [0.1, 0.15) is 11.6 Å². The topological polar surface area (TPSA) is 74.2 Å². The van der Waals surface area contributed by atoms with E-state index in [1.807, 2.05) is 31.2 Å². The molecular formula is C18H18FN3O2. The summed E-state index contributed by atoms with van der Waals surface area (Å²) in [6, 6.07) is 13.8. The van der Waals surface area contributed by atoms with Gasteiger partial charge in [0.15, 0.2) is 6.61 Å². The monoisotopic (exact) mass is 327 g/mol. The van der Waals surface area contributed by atoms with Gasteiger partial charge in [0.05, 0.1) is 0 Å². The number of hydrogen-bond acceptors (Lipinski definition) is 5. The van der Waals surface area contributed by atoms with Gasteiger partial charge in [0, 0.05) is 11.6 Å². The van der Waals surface area contributed by atoms with E-state index in [0.29, 0.717) is 17.5 Å². The highest BCUT2D eigenvalue weighted by Crippen LogP contribution is 2.18. The van der Waals surface area contributed by atoms with Crippen LogP contribution in [0.3, 0.4) is 0 Å². The molecule has 0 fully saturated rings. The van der Waals surface area contributed by atoms with Crippen molar-refractivity contribution in [2.75, 3.05) is 0 Å². The van der Waals surface area contributed by atoms with Crippen LogP contribution in [0.15, 0.2) is 53.1 Å². The van der Waals surface area contributed by atoms with Gasteiger partial charge in [-0.1, -0.05) is 29.4 Å². The Morgan fingerprint density at radius 1 is 1.12 bits per heavy atom. The smallest absolute Gasteiger partial charge is 0.264 e. The summed E-state index contributed by atoms with van der Waals surface area (Å²) < 4.78 is 23.5. The first-order valence-corrected chi connectivity index (χ1v) is 7.66. The normalized spacial score (nSPS) is 12.1. The van der Waals surface area contributed by atoms with Crippen LogP contribution in [-0.2, 0) is 13.0 Å². The summed E-state index contributed by atoms with van der Waals surface area (Å²) in [5.74, 6) is 1.08. The van der Waals surface area contributed by atoms with E-state index in [0.717, 1.165) is 17.5 Å². The third-order valence-electron chi connectivity index (χ3n) is 3.41. The Hall–Kier alpha value is -2.73. The molecule has 2 N–H and O–H groups in total. The third-order valence-corrected chi connectivity index (χ3v) is 3.41. The summed E-state index contributed by atoms with van der Waals surface area (Å²) in [6.45, 7) is 2.10. The standard InChI is InChI=1S/C18H18FN3O2/c1-12(20)10-13-2-4-14(5-3-13)18-21-17(24-22-18)11-23-16-8-6-15(19)7-9-16/h2-9,12H,10-11,20H2,1H3. The van der Waals surface area contributed by atoms with E-state index in [-0.39, 0.29) is 18.5 Å². The van der Waals surface area contributed by atoms with Gasteiger partial charge in [-0.25, -0.2) is 4.39 Å². The first-order chi connectivity index (χ1) is 11.6. The predicted molar refractivity (Wildman–Crippen MR) is 87.8 cm³/mol. The summed E-state index contributed by atoms with van der Waals surface area (Å²) in [5, 5.41) is 3.95. The number of halogens is 1. The molecule has 0 aliphatic rings. The Labute approximate surface area is 139 Å². The van der Waals surface area contributed by atoms with Gasteiger partial charge in [-0.15, -0.1) is 0 Å². The molecule has 1 heterocycles. The molecule has 0 spiro atoms. The zero-order chi connectivity index (χ0) is 16.9. The Bertz CT molecular complexity index is 783. The Kier molecular flexibility index (Phi) is 4.86. The number of rotatable bonds is 6. The first kappa shape index (κ1) is 16.1. The average molecular weight is 327 g/mol. The van der Waals surface area contributed by atoms with E-state index in [1.54, 1.807) is 12.1 Å². The molecule has 0 saturated heterocycles. The fourth-order valence-corrected chi connectivity index (χ4v) is 2.27. The number of benzene rings is 2. The quantitative estimate of drug-likeness (QED) is 0.751. The van der Waals surface area contributed by atoms with Crippen LogP contribution in [0.25, 0.3) is 11.4 Å². The lowest BCUT2D eigenvalue weighted by atomic mass is 10.1. The van der Waals surface area contributed by atoms with E-state index in [4.69, 9.17) is 15.0 Å². The largest absolute Gasteiger partial charge is 0.484 e. The molecule has 0 radical (unpaired) electrons. The molecular weight excluding hydrogens is 309 g/mol. The molecule has 3 aromatic rings. The lowest BCUT2D eigenvalue weighted by molar-refractivity contribution is 0.242. The fourth-order valence-electron chi connectivity index (χ4n) is 2.27. The molecule has 1 aromatic heterocycles. The molecule has 3 rings (SSSR count). The van der Waals surface area contributed by atoms with Gasteiger partial charge in [0.2, 0.25) is 5.82 Å². The van der Waals surface area contributed by atoms with Crippen molar-refractivity contribution in [2.24, 2.45) is 5.73 Å². The summed E-state index contributed by atoms with van der Waals surface area (Å²) in [7, 11) is 0. The van der Waals surface area contributed by atoms with Crippen LogP contribution in [0.5, 0.6) is 5.75 Å². The van der Waals surface area contributed by atoms with Crippen LogP contribution in [0.2, 0.25) is 0 Å². The lowest BCUT2D eigenvalue weighted by Gasteiger charge is -2.05. The molecule has 2 aromatic carbocycles. The number of aromatic nitrogens is 2. The molecule has 0 saturated carbocycles. The summed E-state index contributed by atoms with van der Waals surface area (Å²) in [5.41, 5.74) is 7.82. The van der Waals surface area contributed by atoms with Crippen molar-refractivity contribution in [3.8, 4) is 17.1 Å². The van der Waals surface area contributed by atoms with Crippen LogP contribution in [-0.4, -0.2) is 16.2 Å². The number of hydrogen-bond donors (Lipinski definition) is 1. The van der Waals surface area contributed by atoms with Crippen molar-refractivity contribution >= 4 is 0 Å². The van der Waals surface area contributed by atoms with Crippen molar-refractivity contribution < 1.29 is 13.7 Å². The minimum absolute atomic E-state index is 0.122. The highest BCUT2D eigenvalue weighted by molar-refractivity contribution is 5.54. The number of nitrogens with zero attached hydrogens (tertiary/aromatic N) is 2. The Balaban J connectivity index is 1.63. The zero-order valence-corrected chi connectivity index (χ0v) is 13.3. The van der Waals surface area contributed by atoms with Crippen molar-refractivity contribution in [1.82, 2.24) is 10.1 Å². The predicted octanol–water partition coefficient (Wildman–Crippen LogP) is 3.34. The van der Waals surface area contributed by atoms with Crippen LogP contribution in [0, 0.1) is 5.82 Å². The Morgan fingerprint density at radius 2 is 1.83 bits per heavy atom. The van der Waals surface area contributed by atoms with Gasteiger partial charge in [-0.3, -0.25) is 0 Å². The van der Waals surface area contributed by atoms with Crippen molar-refractivity contribution in [2.45, 2.75) is 26.0 Å². The number of ether oxygens (including phenoxy) is 1. The average Bonchev–Trinajstić information content (AvgIpc) is 3.03. The minimum atomic E-state index is -0.310. The van der Waals surface area contributed by atoms with Crippen LogP contribution in [0.1, 0.15) is 18.4 Å². The van der Waals surface area contributed by atoms with E-state index in [1.165, 1.54) is 12.1 Å². The van der Waals surface area contributed by atoms with Crippen molar-refractivity contribution in [3.63, 3.8) is 0 Å². The second-order valence-electron chi connectivity index (χ2n) is 5.63. The molecule has 1 unspecified atom stereocenters. The maximum atomic E-state index is 12.8. The molecule has 0 bridgehead atoms. The van der Waals surface area contributed by atoms with E-state index < -0.39 is 0 Å². The summed E-state index contributed by atoms with van der Waals surface area (Å²) in [4.78, 5) is 4.30. The molecule has 0 aliphatic heterocycles. The van der Waals surface area contributed by atoms with Gasteiger partial charge in [-0.05, 0) is 43.2 Å². The molecule has 124 valence electrons. The fraction of sp³-hybridized carbons (Fsp3) is 0.222. The highest BCUT2D eigenvalue weighted by atomic mass is 19.1. The maximum Gasteiger partial charge on any atom is 0.264 e. The third kappa shape index (κ3) is 4.17. The number of nitrogens with two attached hydrogens (primary N) is 1. The highest BCUT2D eigenvalue weighted by Gasteiger charge is 2.09. The molecule has 6 heteroatoms. The van der Waals surface area contributed by atoms with Crippen LogP contribution in [0.4, 0.5) is 4.39 Å².